The van der Waals surface area contributed by atoms with Gasteiger partial charge < -0.3 is 15.8 Å². The Morgan fingerprint density at radius 2 is 2.44 bits per heavy atom. The molecule has 1 rings (SSSR count). The van der Waals surface area contributed by atoms with Crippen molar-refractivity contribution in [1.82, 2.24) is 25.5 Å². The summed E-state index contributed by atoms with van der Waals surface area (Å²) in [5.41, 5.74) is 5.04. The summed E-state index contributed by atoms with van der Waals surface area (Å²) in [6.07, 6.45) is 1.60. The fourth-order valence-electron chi connectivity index (χ4n) is 0.907. The number of nitrogens with zero attached hydrogens (tertiary/aromatic N) is 4. The van der Waals surface area contributed by atoms with E-state index in [0.717, 1.165) is 0 Å². The first-order valence-electron chi connectivity index (χ1n) is 4.63. The second kappa shape index (κ2) is 6.32. The summed E-state index contributed by atoms with van der Waals surface area (Å²) < 4.78 is 6.35. The lowest BCUT2D eigenvalue weighted by molar-refractivity contribution is -0.143. The van der Waals surface area contributed by atoms with E-state index in [1.54, 1.807) is 0 Å². The smallest absolute Gasteiger partial charge is 0.307 e. The van der Waals surface area contributed by atoms with Gasteiger partial charge in [0.15, 0.2) is 5.96 Å². The van der Waals surface area contributed by atoms with Gasteiger partial charge in [0.1, 0.15) is 12.9 Å². The van der Waals surface area contributed by atoms with Gasteiger partial charge in [-0.2, -0.15) is 0 Å². The average molecular weight is 227 g/mol. The predicted molar refractivity (Wildman–Crippen MR) is 53.3 cm³/mol. The Morgan fingerprint density at radius 1 is 1.62 bits per heavy atom. The SMILES string of the molecule is N=C(N)NCCC(=O)OCCn1cnnn1. The number of guanidine groups is 1. The zero-order valence-electron chi connectivity index (χ0n) is 8.59. The van der Waals surface area contributed by atoms with E-state index in [0.29, 0.717) is 13.1 Å². The van der Waals surface area contributed by atoms with Crippen molar-refractivity contribution in [2.45, 2.75) is 13.0 Å². The Hall–Kier alpha value is -2.19. The molecule has 0 bridgehead atoms. The van der Waals surface area contributed by atoms with Gasteiger partial charge in [-0.1, -0.05) is 0 Å². The molecule has 9 nitrogen and oxygen atoms in total. The molecule has 0 saturated carbocycles. The lowest BCUT2D eigenvalue weighted by atomic mass is 10.4. The van der Waals surface area contributed by atoms with E-state index in [2.05, 4.69) is 20.8 Å². The van der Waals surface area contributed by atoms with Crippen molar-refractivity contribution in [2.24, 2.45) is 5.73 Å². The van der Waals surface area contributed by atoms with Crippen LogP contribution in [0.4, 0.5) is 0 Å². The van der Waals surface area contributed by atoms with Crippen LogP contribution in [0.5, 0.6) is 0 Å². The quantitative estimate of drug-likeness (QED) is 0.293. The summed E-state index contributed by atoms with van der Waals surface area (Å²) in [4.78, 5) is 11.1. The summed E-state index contributed by atoms with van der Waals surface area (Å²) in [5, 5.41) is 19.8. The second-order valence-electron chi connectivity index (χ2n) is 2.88. The molecular formula is C7H13N7O2. The van der Waals surface area contributed by atoms with Gasteiger partial charge in [-0.15, -0.1) is 5.10 Å². The van der Waals surface area contributed by atoms with E-state index in [4.69, 9.17) is 15.9 Å². The highest BCUT2D eigenvalue weighted by Gasteiger charge is 2.02. The molecule has 1 aromatic rings. The molecule has 1 heterocycles. The number of rotatable bonds is 6. The van der Waals surface area contributed by atoms with Crippen molar-refractivity contribution in [3.05, 3.63) is 6.33 Å². The molecule has 0 unspecified atom stereocenters. The van der Waals surface area contributed by atoms with E-state index >= 15 is 0 Å². The van der Waals surface area contributed by atoms with Crippen LogP contribution in [-0.2, 0) is 16.1 Å². The molecule has 0 aliphatic carbocycles. The molecule has 16 heavy (non-hydrogen) atoms. The molecule has 9 heteroatoms. The minimum Gasteiger partial charge on any atom is -0.464 e. The van der Waals surface area contributed by atoms with Gasteiger partial charge in [0.25, 0.3) is 0 Å². The van der Waals surface area contributed by atoms with Crippen LogP contribution in [0.3, 0.4) is 0 Å². The number of aromatic nitrogens is 4. The van der Waals surface area contributed by atoms with Gasteiger partial charge in [-0.05, 0) is 10.4 Å². The van der Waals surface area contributed by atoms with Crippen LogP contribution in [0, 0.1) is 5.41 Å². The molecule has 0 amide bonds. The third-order valence-electron chi connectivity index (χ3n) is 1.62. The fourth-order valence-corrected chi connectivity index (χ4v) is 0.907. The fraction of sp³-hybridized carbons (Fsp3) is 0.571. The number of tetrazole rings is 1. The maximum Gasteiger partial charge on any atom is 0.307 e. The minimum atomic E-state index is -0.359. The Morgan fingerprint density at radius 3 is 3.06 bits per heavy atom. The van der Waals surface area contributed by atoms with E-state index in [1.165, 1.54) is 11.0 Å². The van der Waals surface area contributed by atoms with Crippen LogP contribution < -0.4 is 11.1 Å². The lowest BCUT2D eigenvalue weighted by Gasteiger charge is -2.05. The molecule has 0 saturated heterocycles. The largest absolute Gasteiger partial charge is 0.464 e. The molecule has 0 aliphatic rings. The van der Waals surface area contributed by atoms with E-state index in [-0.39, 0.29) is 25.0 Å². The molecule has 1 aromatic heterocycles. The number of nitrogens with one attached hydrogen (secondary N) is 2. The summed E-state index contributed by atoms with van der Waals surface area (Å²) in [6.45, 7) is 0.919. The Bertz CT molecular complexity index is 337. The molecule has 88 valence electrons. The van der Waals surface area contributed by atoms with E-state index in [9.17, 15) is 4.79 Å². The van der Waals surface area contributed by atoms with E-state index in [1.807, 2.05) is 0 Å². The van der Waals surface area contributed by atoms with Gasteiger partial charge in [0.2, 0.25) is 0 Å². The van der Waals surface area contributed by atoms with Gasteiger partial charge in [-0.25, -0.2) is 4.68 Å². The third kappa shape index (κ3) is 4.88. The number of ether oxygens (including phenoxy) is 1. The molecular weight excluding hydrogens is 214 g/mol. The molecule has 0 fully saturated rings. The standard InChI is InChI=1S/C7H13N7O2/c8-7(9)10-2-1-6(15)16-4-3-14-5-11-12-13-14/h5H,1-4H2,(H4,8,9,10). The minimum absolute atomic E-state index is 0.162. The van der Waals surface area contributed by atoms with Crippen LogP contribution in [0.25, 0.3) is 0 Å². The van der Waals surface area contributed by atoms with Gasteiger partial charge in [0, 0.05) is 6.54 Å². The summed E-state index contributed by atoms with van der Waals surface area (Å²) in [7, 11) is 0. The highest BCUT2D eigenvalue weighted by atomic mass is 16.5. The van der Waals surface area contributed by atoms with Crippen molar-refractivity contribution < 1.29 is 9.53 Å². The maximum absolute atomic E-state index is 11.1. The third-order valence-corrected chi connectivity index (χ3v) is 1.62. The number of carbonyl (C=O) groups excluding carboxylic acids is 1. The van der Waals surface area contributed by atoms with Gasteiger partial charge in [-0.3, -0.25) is 10.2 Å². The highest BCUT2D eigenvalue weighted by Crippen LogP contribution is 1.87. The van der Waals surface area contributed by atoms with Crippen molar-refractivity contribution in [1.29, 1.82) is 5.41 Å². The average Bonchev–Trinajstić information content (AvgIpc) is 2.70. The molecule has 0 atom stereocenters. The molecule has 0 aliphatic heterocycles. The van der Waals surface area contributed by atoms with Crippen molar-refractivity contribution in [2.75, 3.05) is 13.2 Å². The summed E-state index contributed by atoms with van der Waals surface area (Å²) in [6, 6.07) is 0. The summed E-state index contributed by atoms with van der Waals surface area (Å²) in [5.74, 6) is -0.525. The number of esters is 1. The van der Waals surface area contributed by atoms with Gasteiger partial charge >= 0.3 is 5.97 Å². The molecule has 0 aromatic carbocycles. The first-order chi connectivity index (χ1) is 7.68. The molecule has 0 spiro atoms. The zero-order chi connectivity index (χ0) is 11.8. The van der Waals surface area contributed by atoms with Crippen molar-refractivity contribution >= 4 is 11.9 Å². The first kappa shape index (κ1) is 11.9. The molecule has 4 N–H and O–H groups in total. The van der Waals surface area contributed by atoms with Crippen LogP contribution >= 0.6 is 0 Å². The van der Waals surface area contributed by atoms with Gasteiger partial charge in [0.05, 0.1) is 13.0 Å². The van der Waals surface area contributed by atoms with Crippen LogP contribution in [-0.4, -0.2) is 45.3 Å². The van der Waals surface area contributed by atoms with Crippen LogP contribution in [0.1, 0.15) is 6.42 Å². The number of nitrogens with two attached hydrogens (primary N) is 1. The zero-order valence-corrected chi connectivity index (χ0v) is 8.59. The maximum atomic E-state index is 11.1. The number of hydrogen-bond acceptors (Lipinski definition) is 6. The van der Waals surface area contributed by atoms with Crippen molar-refractivity contribution in [3.63, 3.8) is 0 Å². The monoisotopic (exact) mass is 227 g/mol. The molecule has 0 radical (unpaired) electrons. The summed E-state index contributed by atoms with van der Waals surface area (Å²) >= 11 is 0. The number of hydrogen-bond donors (Lipinski definition) is 3. The number of carbonyl (C=O) groups is 1. The Labute approximate surface area is 91.5 Å². The normalized spacial score (nSPS) is 9.75. The van der Waals surface area contributed by atoms with Crippen molar-refractivity contribution in [3.8, 4) is 0 Å². The topological polar surface area (TPSA) is 132 Å². The van der Waals surface area contributed by atoms with E-state index < -0.39 is 0 Å². The van der Waals surface area contributed by atoms with Crippen LogP contribution in [0.2, 0.25) is 0 Å². The Balaban J connectivity index is 2.04. The predicted octanol–water partition coefficient (Wildman–Crippen LogP) is -1.91. The second-order valence-corrected chi connectivity index (χ2v) is 2.88. The Kier molecular flexibility index (Phi) is 4.70. The highest BCUT2D eigenvalue weighted by molar-refractivity contribution is 5.75. The first-order valence-corrected chi connectivity index (χ1v) is 4.63. The lowest BCUT2D eigenvalue weighted by Crippen LogP contribution is -2.32. The van der Waals surface area contributed by atoms with Crippen LogP contribution in [0.15, 0.2) is 6.33 Å².